The van der Waals surface area contributed by atoms with Gasteiger partial charge in [0.1, 0.15) is 0 Å². The highest BCUT2D eigenvalue weighted by atomic mass is 19.2. The molecule has 1 heterocycles. The van der Waals surface area contributed by atoms with Gasteiger partial charge in [0.05, 0.1) is 11.4 Å². The lowest BCUT2D eigenvalue weighted by Crippen LogP contribution is -2.14. The smallest absolute Gasteiger partial charge is 0.278 e. The summed E-state index contributed by atoms with van der Waals surface area (Å²) in [4.78, 5) is 11.9. The van der Waals surface area contributed by atoms with Gasteiger partial charge in [-0.3, -0.25) is 9.89 Å². The minimum absolute atomic E-state index is 0.0292. The van der Waals surface area contributed by atoms with E-state index in [0.29, 0.717) is 12.1 Å². The van der Waals surface area contributed by atoms with Crippen LogP contribution in [0.25, 0.3) is 0 Å². The molecule has 0 aliphatic rings. The second kappa shape index (κ2) is 5.05. The average Bonchev–Trinajstić information content (AvgIpc) is 2.75. The van der Waals surface area contributed by atoms with E-state index < -0.39 is 17.5 Å². The molecule has 1 amide bonds. The minimum atomic E-state index is -1.04. The first-order chi connectivity index (χ1) is 9.02. The largest absolute Gasteiger partial charge is 0.395 e. The Morgan fingerprint density at radius 1 is 1.42 bits per heavy atom. The standard InChI is InChI=1S/C12H12F2N4O/c1-2-9-10(15)11(18-17-9)12(19)16-6-3-4-7(13)8(14)5-6/h3-5H,2,15H2,1H3,(H,16,19)(H,17,18). The summed E-state index contributed by atoms with van der Waals surface area (Å²) in [7, 11) is 0. The zero-order valence-electron chi connectivity index (χ0n) is 10.1. The average molecular weight is 266 g/mol. The lowest BCUT2D eigenvalue weighted by atomic mass is 10.2. The van der Waals surface area contributed by atoms with E-state index in [0.717, 1.165) is 12.1 Å². The number of rotatable bonds is 3. The molecular formula is C12H12F2N4O. The van der Waals surface area contributed by atoms with Crippen molar-refractivity contribution in [1.29, 1.82) is 0 Å². The SMILES string of the molecule is CCc1[nH]nc(C(=O)Nc2ccc(F)c(F)c2)c1N. The van der Waals surface area contributed by atoms with Gasteiger partial charge in [-0.2, -0.15) is 5.10 Å². The van der Waals surface area contributed by atoms with Crippen molar-refractivity contribution in [1.82, 2.24) is 10.2 Å². The highest BCUT2D eigenvalue weighted by Gasteiger charge is 2.17. The number of hydrogen-bond acceptors (Lipinski definition) is 3. The third kappa shape index (κ3) is 2.54. The van der Waals surface area contributed by atoms with Gasteiger partial charge in [-0.05, 0) is 18.6 Å². The second-order valence-electron chi connectivity index (χ2n) is 3.90. The molecule has 0 atom stereocenters. The maximum atomic E-state index is 13.0. The first-order valence-electron chi connectivity index (χ1n) is 5.62. The lowest BCUT2D eigenvalue weighted by Gasteiger charge is -2.04. The fourth-order valence-electron chi connectivity index (χ4n) is 1.59. The number of H-pyrrole nitrogens is 1. The maximum absolute atomic E-state index is 13.0. The number of carbonyl (C=O) groups excluding carboxylic acids is 1. The molecule has 2 aromatic rings. The number of nitrogen functional groups attached to an aromatic ring is 1. The van der Waals surface area contributed by atoms with Gasteiger partial charge in [0, 0.05) is 11.8 Å². The van der Waals surface area contributed by atoms with Crippen molar-refractivity contribution < 1.29 is 13.6 Å². The summed E-state index contributed by atoms with van der Waals surface area (Å²) in [5, 5.41) is 8.83. The number of carbonyl (C=O) groups is 1. The van der Waals surface area contributed by atoms with Crippen LogP contribution in [0.1, 0.15) is 23.1 Å². The highest BCUT2D eigenvalue weighted by Crippen LogP contribution is 2.18. The molecule has 1 aromatic heterocycles. The maximum Gasteiger partial charge on any atom is 0.278 e. The summed E-state index contributed by atoms with van der Waals surface area (Å²) >= 11 is 0. The molecule has 4 N–H and O–H groups in total. The topological polar surface area (TPSA) is 83.8 Å². The zero-order chi connectivity index (χ0) is 14.0. The highest BCUT2D eigenvalue weighted by molar-refractivity contribution is 6.06. The van der Waals surface area contributed by atoms with Crippen LogP contribution < -0.4 is 11.1 Å². The van der Waals surface area contributed by atoms with Gasteiger partial charge in [0.15, 0.2) is 17.3 Å². The van der Waals surface area contributed by atoms with E-state index in [-0.39, 0.29) is 17.1 Å². The van der Waals surface area contributed by atoms with Gasteiger partial charge in [-0.25, -0.2) is 8.78 Å². The quantitative estimate of drug-likeness (QED) is 0.795. The molecule has 0 saturated heterocycles. The van der Waals surface area contributed by atoms with Crippen LogP contribution in [0.4, 0.5) is 20.2 Å². The Bertz CT molecular complexity index is 624. The van der Waals surface area contributed by atoms with Gasteiger partial charge < -0.3 is 11.1 Å². The van der Waals surface area contributed by atoms with Gasteiger partial charge in [0.2, 0.25) is 0 Å². The molecule has 2 rings (SSSR count). The van der Waals surface area contributed by atoms with Crippen molar-refractivity contribution in [3.8, 4) is 0 Å². The molecule has 0 fully saturated rings. The molecule has 19 heavy (non-hydrogen) atoms. The van der Waals surface area contributed by atoms with E-state index in [1.165, 1.54) is 6.07 Å². The summed E-state index contributed by atoms with van der Waals surface area (Å²) in [6, 6.07) is 3.06. The van der Waals surface area contributed by atoms with Crippen LogP contribution in [0.5, 0.6) is 0 Å². The number of aromatic nitrogens is 2. The molecule has 0 bridgehead atoms. The first kappa shape index (κ1) is 13.0. The summed E-state index contributed by atoms with van der Waals surface area (Å²) in [5.41, 5.74) is 6.79. The monoisotopic (exact) mass is 266 g/mol. The van der Waals surface area contributed by atoms with Crippen molar-refractivity contribution >= 4 is 17.3 Å². The van der Waals surface area contributed by atoms with Crippen LogP contribution in [0.3, 0.4) is 0 Å². The Morgan fingerprint density at radius 2 is 2.16 bits per heavy atom. The first-order valence-corrected chi connectivity index (χ1v) is 5.62. The third-order valence-electron chi connectivity index (χ3n) is 2.63. The molecule has 1 aromatic carbocycles. The number of nitrogens with one attached hydrogen (secondary N) is 2. The predicted octanol–water partition coefficient (Wildman–Crippen LogP) is 2.08. The fraction of sp³-hybridized carbons (Fsp3) is 0.167. The molecular weight excluding hydrogens is 254 g/mol. The van der Waals surface area contributed by atoms with Crippen LogP contribution in [-0.2, 0) is 6.42 Å². The number of aryl methyl sites for hydroxylation is 1. The number of halogens is 2. The lowest BCUT2D eigenvalue weighted by molar-refractivity contribution is 0.102. The van der Waals surface area contributed by atoms with Crippen molar-refractivity contribution in [2.45, 2.75) is 13.3 Å². The van der Waals surface area contributed by atoms with Gasteiger partial charge in [-0.1, -0.05) is 6.92 Å². The van der Waals surface area contributed by atoms with E-state index in [1.54, 1.807) is 0 Å². The number of benzene rings is 1. The van der Waals surface area contributed by atoms with E-state index in [4.69, 9.17) is 5.73 Å². The van der Waals surface area contributed by atoms with Gasteiger partial charge >= 0.3 is 0 Å². The Kier molecular flexibility index (Phi) is 3.46. The minimum Gasteiger partial charge on any atom is -0.395 e. The number of anilines is 2. The van der Waals surface area contributed by atoms with E-state index in [9.17, 15) is 13.6 Å². The van der Waals surface area contributed by atoms with Crippen LogP contribution in [0.2, 0.25) is 0 Å². The van der Waals surface area contributed by atoms with Crippen LogP contribution in [-0.4, -0.2) is 16.1 Å². The van der Waals surface area contributed by atoms with E-state index in [2.05, 4.69) is 15.5 Å². The summed E-state index contributed by atoms with van der Waals surface area (Å²) in [6.07, 6.45) is 0.608. The number of amides is 1. The molecule has 7 heteroatoms. The van der Waals surface area contributed by atoms with Crippen molar-refractivity contribution in [2.75, 3.05) is 11.1 Å². The molecule has 0 saturated carbocycles. The summed E-state index contributed by atoms with van der Waals surface area (Å²) in [6.45, 7) is 1.86. The normalized spacial score (nSPS) is 10.5. The molecule has 0 unspecified atom stereocenters. The van der Waals surface area contributed by atoms with Gasteiger partial charge in [0.25, 0.3) is 5.91 Å². The van der Waals surface area contributed by atoms with Crippen LogP contribution >= 0.6 is 0 Å². The number of nitrogens with zero attached hydrogens (tertiary/aromatic N) is 1. The van der Waals surface area contributed by atoms with Crippen molar-refractivity contribution in [3.05, 3.63) is 41.2 Å². The van der Waals surface area contributed by atoms with E-state index in [1.807, 2.05) is 6.92 Å². The third-order valence-corrected chi connectivity index (χ3v) is 2.63. The fourth-order valence-corrected chi connectivity index (χ4v) is 1.59. The number of aromatic amines is 1. The van der Waals surface area contributed by atoms with Crippen LogP contribution in [0.15, 0.2) is 18.2 Å². The predicted molar refractivity (Wildman–Crippen MR) is 66.7 cm³/mol. The second-order valence-corrected chi connectivity index (χ2v) is 3.90. The van der Waals surface area contributed by atoms with Crippen LogP contribution in [0, 0.1) is 11.6 Å². The van der Waals surface area contributed by atoms with E-state index >= 15 is 0 Å². The molecule has 100 valence electrons. The van der Waals surface area contributed by atoms with Crippen molar-refractivity contribution in [2.24, 2.45) is 0 Å². The Balaban J connectivity index is 2.20. The number of hydrogen-bond donors (Lipinski definition) is 3. The Labute approximate surface area is 107 Å². The summed E-state index contributed by atoms with van der Waals surface area (Å²) < 4.78 is 25.7. The van der Waals surface area contributed by atoms with Crippen molar-refractivity contribution in [3.63, 3.8) is 0 Å². The number of nitrogens with two attached hydrogens (primary N) is 1. The zero-order valence-corrected chi connectivity index (χ0v) is 10.1. The molecule has 5 nitrogen and oxygen atoms in total. The molecule has 0 spiro atoms. The molecule has 0 aliphatic heterocycles. The van der Waals surface area contributed by atoms with Gasteiger partial charge in [-0.15, -0.1) is 0 Å². The molecule has 0 aliphatic carbocycles. The molecule has 0 radical (unpaired) electrons. The summed E-state index contributed by atoms with van der Waals surface area (Å²) in [5.74, 6) is -2.60. The Hall–Kier alpha value is -2.44. The Morgan fingerprint density at radius 3 is 2.74 bits per heavy atom.